The number of carbonyl (C=O) groups is 2. The van der Waals surface area contributed by atoms with E-state index in [-0.39, 0.29) is 13.2 Å². The zero-order valence-corrected chi connectivity index (χ0v) is 14.8. The van der Waals surface area contributed by atoms with Crippen LogP contribution >= 0.6 is 0 Å². The van der Waals surface area contributed by atoms with Crippen LogP contribution in [0.5, 0.6) is 0 Å². The van der Waals surface area contributed by atoms with E-state index in [9.17, 15) is 9.59 Å². The van der Waals surface area contributed by atoms with Crippen molar-refractivity contribution in [2.24, 2.45) is 0 Å². The number of benzene rings is 1. The largest absolute Gasteiger partial charge is 0.459 e. The number of rotatable bonds is 7. The Morgan fingerprint density at radius 3 is 2.08 bits per heavy atom. The van der Waals surface area contributed by atoms with Gasteiger partial charge in [0.15, 0.2) is 0 Å². The highest BCUT2D eigenvalue weighted by Crippen LogP contribution is 2.22. The Morgan fingerprint density at radius 2 is 1.58 bits per heavy atom. The Hall–Kier alpha value is -2.56. The van der Waals surface area contributed by atoms with Gasteiger partial charge in [-0.2, -0.15) is 0 Å². The zero-order valence-electron chi connectivity index (χ0n) is 14.8. The smallest absolute Gasteiger partial charge is 0.407 e. The van der Waals surface area contributed by atoms with Crippen molar-refractivity contribution in [1.29, 1.82) is 0 Å². The minimum atomic E-state index is -0.598. The number of allylic oxidation sites excluding steroid dienone is 1. The summed E-state index contributed by atoms with van der Waals surface area (Å²) in [7, 11) is 0. The Kier molecular flexibility index (Phi) is 6.77. The third-order valence-corrected chi connectivity index (χ3v) is 3.41. The first-order valence-electron chi connectivity index (χ1n) is 7.67. The SMILES string of the molecule is C=C(C)C(=O)OCCOC(=O)NC(C)(C)c1ccc(C(=C)C)cc1. The second kappa shape index (κ2) is 8.34. The number of carbonyl (C=O) groups excluding carboxylic acids is 2. The topological polar surface area (TPSA) is 64.6 Å². The van der Waals surface area contributed by atoms with Crippen LogP contribution in [0.1, 0.15) is 38.8 Å². The first kappa shape index (κ1) is 19.5. The minimum Gasteiger partial charge on any atom is -0.459 e. The molecule has 0 heterocycles. The lowest BCUT2D eigenvalue weighted by atomic mass is 9.93. The quantitative estimate of drug-likeness (QED) is 0.469. The van der Waals surface area contributed by atoms with Crippen LogP contribution < -0.4 is 5.32 Å². The maximum atomic E-state index is 11.9. The van der Waals surface area contributed by atoms with Crippen LogP contribution in [0.3, 0.4) is 0 Å². The molecular weight excluding hydrogens is 306 g/mol. The summed E-state index contributed by atoms with van der Waals surface area (Å²) in [6.45, 7) is 14.6. The number of hydrogen-bond acceptors (Lipinski definition) is 4. The van der Waals surface area contributed by atoms with Gasteiger partial charge in [-0.15, -0.1) is 0 Å². The number of alkyl carbamates (subject to hydrolysis) is 1. The summed E-state index contributed by atoms with van der Waals surface area (Å²) in [5.41, 5.74) is 2.68. The number of nitrogens with one attached hydrogen (secondary N) is 1. The van der Waals surface area contributed by atoms with Gasteiger partial charge < -0.3 is 14.8 Å². The van der Waals surface area contributed by atoms with Gasteiger partial charge in [0, 0.05) is 5.57 Å². The maximum absolute atomic E-state index is 11.9. The van der Waals surface area contributed by atoms with Gasteiger partial charge in [-0.3, -0.25) is 0 Å². The molecule has 0 radical (unpaired) electrons. The van der Waals surface area contributed by atoms with E-state index in [1.165, 1.54) is 0 Å². The molecular formula is C19H25NO4. The predicted molar refractivity (Wildman–Crippen MR) is 94.4 cm³/mol. The molecule has 5 heteroatoms. The maximum Gasteiger partial charge on any atom is 0.407 e. The second-order valence-corrected chi connectivity index (χ2v) is 6.16. The fraction of sp³-hybridized carbons (Fsp3) is 0.368. The van der Waals surface area contributed by atoms with Crippen molar-refractivity contribution in [3.63, 3.8) is 0 Å². The first-order chi connectivity index (χ1) is 11.1. The van der Waals surface area contributed by atoms with Gasteiger partial charge in [-0.05, 0) is 38.8 Å². The lowest BCUT2D eigenvalue weighted by Gasteiger charge is -2.26. The standard InChI is InChI=1S/C19H25NO4/c1-13(2)15-7-9-16(10-8-15)19(5,6)20-18(22)24-12-11-23-17(21)14(3)4/h7-10H,1,3,11-12H2,2,4-6H3,(H,20,22). The van der Waals surface area contributed by atoms with Crippen molar-refractivity contribution in [3.8, 4) is 0 Å². The summed E-state index contributed by atoms with van der Waals surface area (Å²) < 4.78 is 9.87. The lowest BCUT2D eigenvalue weighted by molar-refractivity contribution is -0.139. The lowest BCUT2D eigenvalue weighted by Crippen LogP contribution is -2.41. The molecule has 1 N–H and O–H groups in total. The van der Waals surface area contributed by atoms with E-state index in [1.807, 2.05) is 45.0 Å². The summed E-state index contributed by atoms with van der Waals surface area (Å²) in [6.07, 6.45) is -0.574. The number of amides is 1. The second-order valence-electron chi connectivity index (χ2n) is 6.16. The van der Waals surface area contributed by atoms with Gasteiger partial charge in [0.1, 0.15) is 13.2 Å². The molecule has 1 rings (SSSR count). The molecule has 0 bridgehead atoms. The Bertz CT molecular complexity index is 629. The van der Waals surface area contributed by atoms with Crippen LogP contribution in [-0.4, -0.2) is 25.3 Å². The van der Waals surface area contributed by atoms with Gasteiger partial charge in [0.2, 0.25) is 0 Å². The Morgan fingerprint density at radius 1 is 1.04 bits per heavy atom. The molecule has 0 aromatic heterocycles. The first-order valence-corrected chi connectivity index (χ1v) is 7.67. The summed E-state index contributed by atoms with van der Waals surface area (Å²) in [6, 6.07) is 7.81. The van der Waals surface area contributed by atoms with Gasteiger partial charge in [0.05, 0.1) is 5.54 Å². The van der Waals surface area contributed by atoms with Gasteiger partial charge in [-0.1, -0.05) is 43.0 Å². The third-order valence-electron chi connectivity index (χ3n) is 3.41. The van der Waals surface area contributed by atoms with Crippen molar-refractivity contribution >= 4 is 17.6 Å². The van der Waals surface area contributed by atoms with Crippen LogP contribution in [0.2, 0.25) is 0 Å². The molecule has 0 aliphatic carbocycles. The van der Waals surface area contributed by atoms with Crippen LogP contribution in [0.15, 0.2) is 43.0 Å². The molecule has 24 heavy (non-hydrogen) atoms. The van der Waals surface area contributed by atoms with Crippen molar-refractivity contribution in [1.82, 2.24) is 5.32 Å². The molecule has 1 aromatic rings. The molecule has 5 nitrogen and oxygen atoms in total. The predicted octanol–water partition coefficient (Wildman–Crippen LogP) is 3.80. The fourth-order valence-corrected chi connectivity index (χ4v) is 1.93. The van der Waals surface area contributed by atoms with Crippen LogP contribution in [0.4, 0.5) is 4.79 Å². The van der Waals surface area contributed by atoms with Crippen LogP contribution in [0, 0.1) is 0 Å². The summed E-state index contributed by atoms with van der Waals surface area (Å²) >= 11 is 0. The zero-order chi connectivity index (χ0) is 18.3. The van der Waals surface area contributed by atoms with E-state index in [2.05, 4.69) is 18.5 Å². The summed E-state index contributed by atoms with van der Waals surface area (Å²) in [5.74, 6) is -0.503. The van der Waals surface area contributed by atoms with Gasteiger partial charge >= 0.3 is 12.1 Å². The van der Waals surface area contributed by atoms with Crippen LogP contribution in [0.25, 0.3) is 5.57 Å². The third kappa shape index (κ3) is 5.91. The van der Waals surface area contributed by atoms with E-state index < -0.39 is 17.6 Å². The Balaban J connectivity index is 2.50. The van der Waals surface area contributed by atoms with Crippen molar-refractivity contribution in [2.45, 2.75) is 33.2 Å². The van der Waals surface area contributed by atoms with E-state index >= 15 is 0 Å². The number of esters is 1. The average molecular weight is 331 g/mol. The summed E-state index contributed by atoms with van der Waals surface area (Å²) in [5, 5.41) is 2.79. The van der Waals surface area contributed by atoms with E-state index in [0.29, 0.717) is 5.57 Å². The molecule has 1 aromatic carbocycles. The monoisotopic (exact) mass is 331 g/mol. The van der Waals surface area contributed by atoms with Crippen molar-refractivity contribution in [2.75, 3.05) is 13.2 Å². The normalized spacial score (nSPS) is 10.7. The van der Waals surface area contributed by atoms with Crippen molar-refractivity contribution < 1.29 is 19.1 Å². The highest BCUT2D eigenvalue weighted by Gasteiger charge is 2.23. The van der Waals surface area contributed by atoms with E-state index in [4.69, 9.17) is 9.47 Å². The summed E-state index contributed by atoms with van der Waals surface area (Å²) in [4.78, 5) is 23.1. The van der Waals surface area contributed by atoms with Crippen molar-refractivity contribution in [3.05, 3.63) is 54.1 Å². The molecule has 0 aliphatic rings. The van der Waals surface area contributed by atoms with E-state index in [1.54, 1.807) is 6.92 Å². The Labute approximate surface area is 143 Å². The number of hydrogen-bond donors (Lipinski definition) is 1. The minimum absolute atomic E-state index is 0.00709. The molecule has 130 valence electrons. The molecule has 1 amide bonds. The molecule has 0 saturated carbocycles. The molecule has 0 fully saturated rings. The fourth-order valence-electron chi connectivity index (χ4n) is 1.93. The average Bonchev–Trinajstić information content (AvgIpc) is 2.50. The molecule has 0 spiro atoms. The molecule has 0 atom stereocenters. The van der Waals surface area contributed by atoms with Gasteiger partial charge in [-0.25, -0.2) is 9.59 Å². The molecule has 0 aliphatic heterocycles. The highest BCUT2D eigenvalue weighted by molar-refractivity contribution is 5.86. The van der Waals surface area contributed by atoms with Gasteiger partial charge in [0.25, 0.3) is 0 Å². The highest BCUT2D eigenvalue weighted by atomic mass is 16.6. The van der Waals surface area contributed by atoms with Crippen LogP contribution in [-0.2, 0) is 19.8 Å². The number of ether oxygens (including phenoxy) is 2. The molecule has 0 unspecified atom stereocenters. The molecule has 0 saturated heterocycles. The van der Waals surface area contributed by atoms with E-state index in [0.717, 1.165) is 16.7 Å².